The molecule has 0 spiro atoms. The third-order valence-electron chi connectivity index (χ3n) is 4.15. The third-order valence-corrected chi connectivity index (χ3v) is 5.67. The first kappa shape index (κ1) is 18.1. The molecule has 1 aromatic carbocycles. The van der Waals surface area contributed by atoms with Gasteiger partial charge in [-0.25, -0.2) is 4.98 Å². The molecular formula is C19H22ClN3OS. The van der Waals surface area contributed by atoms with E-state index in [2.05, 4.69) is 15.2 Å². The summed E-state index contributed by atoms with van der Waals surface area (Å²) in [7, 11) is 0. The maximum absolute atomic E-state index is 12.0. The smallest absolute Gasteiger partial charge is 0.221 e. The van der Waals surface area contributed by atoms with E-state index in [0.717, 1.165) is 34.4 Å². The second-order valence-corrected chi connectivity index (χ2v) is 7.57. The highest BCUT2D eigenvalue weighted by Crippen LogP contribution is 2.26. The Morgan fingerprint density at radius 1 is 1.20 bits per heavy atom. The van der Waals surface area contributed by atoms with Gasteiger partial charge in [0.1, 0.15) is 5.82 Å². The van der Waals surface area contributed by atoms with Crippen molar-refractivity contribution in [3.05, 3.63) is 53.2 Å². The molecule has 132 valence electrons. The lowest BCUT2D eigenvalue weighted by molar-refractivity contribution is -0.120. The summed E-state index contributed by atoms with van der Waals surface area (Å²) in [6, 6.07) is 11.8. The van der Waals surface area contributed by atoms with Gasteiger partial charge in [0, 0.05) is 42.9 Å². The standard InChI is InChI=1S/C19H22ClN3OS/c20-16-5-1-2-6-17(16)25-12-9-19(24)22-14-15-7-8-18(21-13-15)23-10-3-4-11-23/h1-2,5-8,13H,3-4,9-12,14H2,(H,22,24). The predicted octanol–water partition coefficient (Wildman–Crippen LogP) is 4.13. The van der Waals surface area contributed by atoms with Crippen molar-refractivity contribution in [1.29, 1.82) is 0 Å². The zero-order valence-electron chi connectivity index (χ0n) is 14.1. The van der Waals surface area contributed by atoms with E-state index in [1.165, 1.54) is 12.8 Å². The number of carbonyl (C=O) groups is 1. The van der Waals surface area contributed by atoms with E-state index in [1.807, 2.05) is 42.6 Å². The maximum Gasteiger partial charge on any atom is 0.221 e. The number of halogens is 1. The molecule has 2 aromatic rings. The van der Waals surface area contributed by atoms with E-state index in [1.54, 1.807) is 11.8 Å². The fourth-order valence-corrected chi connectivity index (χ4v) is 3.95. The van der Waals surface area contributed by atoms with Crippen LogP contribution in [0.2, 0.25) is 5.02 Å². The van der Waals surface area contributed by atoms with Crippen LogP contribution < -0.4 is 10.2 Å². The van der Waals surface area contributed by atoms with Crippen LogP contribution in [-0.4, -0.2) is 29.7 Å². The normalized spacial score (nSPS) is 13.9. The molecule has 0 aliphatic carbocycles. The Labute approximate surface area is 158 Å². The lowest BCUT2D eigenvalue weighted by Gasteiger charge is -2.16. The number of hydrogen-bond donors (Lipinski definition) is 1. The van der Waals surface area contributed by atoms with Gasteiger partial charge in [-0.3, -0.25) is 4.79 Å². The maximum atomic E-state index is 12.0. The highest BCUT2D eigenvalue weighted by molar-refractivity contribution is 7.99. The van der Waals surface area contributed by atoms with Gasteiger partial charge >= 0.3 is 0 Å². The molecule has 1 N–H and O–H groups in total. The van der Waals surface area contributed by atoms with Crippen LogP contribution in [0.3, 0.4) is 0 Å². The first-order valence-electron chi connectivity index (χ1n) is 8.56. The average molecular weight is 376 g/mol. The molecule has 1 aromatic heterocycles. The molecule has 1 saturated heterocycles. The van der Waals surface area contributed by atoms with Crippen LogP contribution >= 0.6 is 23.4 Å². The molecule has 2 heterocycles. The molecule has 0 atom stereocenters. The summed E-state index contributed by atoms with van der Waals surface area (Å²) in [5.74, 6) is 1.79. The number of thioether (sulfide) groups is 1. The Morgan fingerprint density at radius 2 is 2.00 bits per heavy atom. The molecule has 1 amide bonds. The number of anilines is 1. The fraction of sp³-hybridized carbons (Fsp3) is 0.368. The number of pyridine rings is 1. The van der Waals surface area contributed by atoms with Gasteiger partial charge in [-0.1, -0.05) is 29.8 Å². The predicted molar refractivity (Wildman–Crippen MR) is 104 cm³/mol. The minimum absolute atomic E-state index is 0.0446. The number of hydrogen-bond acceptors (Lipinski definition) is 4. The first-order chi connectivity index (χ1) is 12.2. The van der Waals surface area contributed by atoms with Gasteiger partial charge < -0.3 is 10.2 Å². The largest absolute Gasteiger partial charge is 0.357 e. The van der Waals surface area contributed by atoms with E-state index < -0.39 is 0 Å². The van der Waals surface area contributed by atoms with Crippen molar-refractivity contribution in [2.75, 3.05) is 23.7 Å². The average Bonchev–Trinajstić information content (AvgIpc) is 3.17. The van der Waals surface area contributed by atoms with Crippen molar-refractivity contribution < 1.29 is 4.79 Å². The number of amides is 1. The van der Waals surface area contributed by atoms with Crippen LogP contribution in [0.1, 0.15) is 24.8 Å². The molecule has 1 aliphatic rings. The van der Waals surface area contributed by atoms with Gasteiger partial charge in [0.05, 0.1) is 5.02 Å². The Bertz CT molecular complexity index is 702. The Kier molecular flexibility index (Phi) is 6.59. The molecule has 0 bridgehead atoms. The van der Waals surface area contributed by atoms with Crippen molar-refractivity contribution in [2.45, 2.75) is 30.7 Å². The molecule has 4 nitrogen and oxygen atoms in total. The lowest BCUT2D eigenvalue weighted by atomic mass is 10.2. The van der Waals surface area contributed by atoms with Gasteiger partial charge in [-0.05, 0) is 36.6 Å². The number of benzene rings is 1. The number of carbonyl (C=O) groups excluding carboxylic acids is 1. The molecular weight excluding hydrogens is 354 g/mol. The Balaban J connectivity index is 1.39. The molecule has 0 unspecified atom stereocenters. The summed E-state index contributed by atoms with van der Waals surface area (Å²) in [6.07, 6.45) is 4.80. The number of nitrogens with zero attached hydrogens (tertiary/aromatic N) is 2. The highest BCUT2D eigenvalue weighted by Gasteiger charge is 2.13. The summed E-state index contributed by atoms with van der Waals surface area (Å²) in [4.78, 5) is 19.8. The van der Waals surface area contributed by atoms with E-state index in [0.29, 0.717) is 18.7 Å². The Morgan fingerprint density at radius 3 is 2.72 bits per heavy atom. The minimum Gasteiger partial charge on any atom is -0.357 e. The van der Waals surface area contributed by atoms with E-state index in [-0.39, 0.29) is 5.91 Å². The summed E-state index contributed by atoms with van der Waals surface area (Å²) in [5, 5.41) is 3.68. The van der Waals surface area contributed by atoms with E-state index in [4.69, 9.17) is 11.6 Å². The van der Waals surface area contributed by atoms with E-state index >= 15 is 0 Å². The van der Waals surface area contributed by atoms with Crippen molar-refractivity contribution in [2.24, 2.45) is 0 Å². The molecule has 0 saturated carbocycles. The monoisotopic (exact) mass is 375 g/mol. The van der Waals surface area contributed by atoms with Gasteiger partial charge in [-0.15, -0.1) is 11.8 Å². The van der Waals surface area contributed by atoms with Crippen LogP contribution in [0.25, 0.3) is 0 Å². The van der Waals surface area contributed by atoms with Crippen molar-refractivity contribution in [3.63, 3.8) is 0 Å². The van der Waals surface area contributed by atoms with Crippen LogP contribution in [0.5, 0.6) is 0 Å². The third kappa shape index (κ3) is 5.38. The highest BCUT2D eigenvalue weighted by atomic mass is 35.5. The molecule has 25 heavy (non-hydrogen) atoms. The molecule has 6 heteroatoms. The van der Waals surface area contributed by atoms with Gasteiger partial charge in [0.15, 0.2) is 0 Å². The minimum atomic E-state index is 0.0446. The second kappa shape index (κ2) is 9.11. The topological polar surface area (TPSA) is 45.2 Å². The molecule has 1 fully saturated rings. The van der Waals surface area contributed by atoms with Gasteiger partial charge in [0.2, 0.25) is 5.91 Å². The van der Waals surface area contributed by atoms with Crippen molar-refractivity contribution in [1.82, 2.24) is 10.3 Å². The van der Waals surface area contributed by atoms with Crippen LogP contribution in [0.15, 0.2) is 47.5 Å². The zero-order chi connectivity index (χ0) is 17.5. The van der Waals surface area contributed by atoms with Gasteiger partial charge in [0.25, 0.3) is 0 Å². The summed E-state index contributed by atoms with van der Waals surface area (Å²) < 4.78 is 0. The lowest BCUT2D eigenvalue weighted by Crippen LogP contribution is -2.23. The number of nitrogens with one attached hydrogen (secondary N) is 1. The SMILES string of the molecule is O=C(CCSc1ccccc1Cl)NCc1ccc(N2CCCC2)nc1. The molecule has 3 rings (SSSR count). The Hall–Kier alpha value is -1.72. The zero-order valence-corrected chi connectivity index (χ0v) is 15.7. The van der Waals surface area contributed by atoms with Crippen LogP contribution in [0.4, 0.5) is 5.82 Å². The second-order valence-electron chi connectivity index (χ2n) is 6.02. The summed E-state index contributed by atoms with van der Waals surface area (Å²) in [5.41, 5.74) is 1.02. The quantitative estimate of drug-likeness (QED) is 0.739. The van der Waals surface area contributed by atoms with E-state index in [9.17, 15) is 4.79 Å². The van der Waals surface area contributed by atoms with Crippen molar-refractivity contribution >= 4 is 35.1 Å². The molecule has 1 aliphatic heterocycles. The molecule has 0 radical (unpaired) electrons. The number of aromatic nitrogens is 1. The fourth-order valence-electron chi connectivity index (χ4n) is 2.76. The van der Waals surface area contributed by atoms with Crippen LogP contribution in [0, 0.1) is 0 Å². The summed E-state index contributed by atoms with van der Waals surface area (Å²) >= 11 is 7.71. The summed E-state index contributed by atoms with van der Waals surface area (Å²) in [6.45, 7) is 2.70. The van der Waals surface area contributed by atoms with Crippen LogP contribution in [-0.2, 0) is 11.3 Å². The number of rotatable bonds is 7. The van der Waals surface area contributed by atoms with Crippen molar-refractivity contribution in [3.8, 4) is 0 Å². The first-order valence-corrected chi connectivity index (χ1v) is 9.92. The van der Waals surface area contributed by atoms with Gasteiger partial charge in [-0.2, -0.15) is 0 Å².